The van der Waals surface area contributed by atoms with Crippen LogP contribution in [0.25, 0.3) is 0 Å². The van der Waals surface area contributed by atoms with Gasteiger partial charge in [-0.3, -0.25) is 0 Å². The van der Waals surface area contributed by atoms with Gasteiger partial charge >= 0.3 is 0 Å². The van der Waals surface area contributed by atoms with Gasteiger partial charge in [-0.15, -0.1) is 0 Å². The largest absolute Gasteiger partial charge is 0.395 e. The molecule has 3 heteroatoms. The van der Waals surface area contributed by atoms with Gasteiger partial charge in [0, 0.05) is 19.1 Å². The Hall–Kier alpha value is -0.120. The predicted octanol–water partition coefficient (Wildman–Crippen LogP) is 0.689. The SMILES string of the molecule is CCNC(CO)CN1CCC(CC)C1. The number of nitrogens with one attached hydrogen (secondary N) is 1. The molecule has 1 heterocycles. The van der Waals surface area contributed by atoms with Crippen molar-refractivity contribution in [1.82, 2.24) is 10.2 Å². The molecule has 0 amide bonds. The minimum atomic E-state index is 0.251. The Morgan fingerprint density at radius 3 is 2.79 bits per heavy atom. The Morgan fingerprint density at radius 1 is 1.50 bits per heavy atom. The summed E-state index contributed by atoms with van der Waals surface area (Å²) in [6.45, 7) is 8.97. The van der Waals surface area contributed by atoms with Gasteiger partial charge in [-0.1, -0.05) is 20.3 Å². The number of likely N-dealkylation sites (tertiary alicyclic amines) is 1. The van der Waals surface area contributed by atoms with E-state index in [9.17, 15) is 0 Å². The third-order valence-electron chi connectivity index (χ3n) is 3.14. The van der Waals surface area contributed by atoms with Crippen LogP contribution in [0.2, 0.25) is 0 Å². The molecule has 1 rings (SSSR count). The number of likely N-dealkylation sites (N-methyl/N-ethyl adjacent to an activating group) is 1. The van der Waals surface area contributed by atoms with Gasteiger partial charge in [0.25, 0.3) is 0 Å². The Labute approximate surface area is 87.5 Å². The average Bonchev–Trinajstić information content (AvgIpc) is 2.65. The molecule has 2 atom stereocenters. The highest BCUT2D eigenvalue weighted by molar-refractivity contribution is 4.78. The smallest absolute Gasteiger partial charge is 0.0597 e. The van der Waals surface area contributed by atoms with Crippen molar-refractivity contribution >= 4 is 0 Å². The van der Waals surface area contributed by atoms with Gasteiger partial charge in [0.2, 0.25) is 0 Å². The molecule has 14 heavy (non-hydrogen) atoms. The van der Waals surface area contributed by atoms with Crippen LogP contribution in [0, 0.1) is 5.92 Å². The summed E-state index contributed by atoms with van der Waals surface area (Å²) >= 11 is 0. The van der Waals surface area contributed by atoms with E-state index in [0.717, 1.165) is 19.0 Å². The van der Waals surface area contributed by atoms with E-state index in [2.05, 4.69) is 24.1 Å². The number of hydrogen-bond donors (Lipinski definition) is 2. The third kappa shape index (κ3) is 3.56. The molecular weight excluding hydrogens is 176 g/mol. The van der Waals surface area contributed by atoms with Gasteiger partial charge in [-0.25, -0.2) is 0 Å². The first kappa shape index (κ1) is 12.0. The first-order valence-corrected chi connectivity index (χ1v) is 5.86. The van der Waals surface area contributed by atoms with Gasteiger partial charge in [0.05, 0.1) is 6.61 Å². The van der Waals surface area contributed by atoms with E-state index in [-0.39, 0.29) is 12.6 Å². The van der Waals surface area contributed by atoms with Crippen LogP contribution in [0.1, 0.15) is 26.7 Å². The third-order valence-corrected chi connectivity index (χ3v) is 3.14. The molecule has 84 valence electrons. The van der Waals surface area contributed by atoms with E-state index in [1.54, 1.807) is 0 Å². The lowest BCUT2D eigenvalue weighted by Crippen LogP contribution is -2.42. The summed E-state index contributed by atoms with van der Waals surface area (Å²) < 4.78 is 0. The normalized spacial score (nSPS) is 25.5. The van der Waals surface area contributed by atoms with Crippen LogP contribution in [-0.4, -0.2) is 48.8 Å². The second-order valence-electron chi connectivity index (χ2n) is 4.26. The van der Waals surface area contributed by atoms with Crippen molar-refractivity contribution in [3.63, 3.8) is 0 Å². The molecular formula is C11H24N2O. The second kappa shape index (κ2) is 6.38. The van der Waals surface area contributed by atoms with Crippen molar-refractivity contribution in [3.8, 4) is 0 Å². The first-order valence-electron chi connectivity index (χ1n) is 5.86. The number of aliphatic hydroxyl groups excluding tert-OH is 1. The molecule has 1 saturated heterocycles. The molecule has 0 aromatic rings. The van der Waals surface area contributed by atoms with Crippen molar-refractivity contribution in [2.75, 3.05) is 32.8 Å². The number of nitrogens with zero attached hydrogens (tertiary/aromatic N) is 1. The lowest BCUT2D eigenvalue weighted by atomic mass is 10.1. The molecule has 0 radical (unpaired) electrons. The summed E-state index contributed by atoms with van der Waals surface area (Å²) in [7, 11) is 0. The molecule has 2 unspecified atom stereocenters. The Balaban J connectivity index is 2.22. The fourth-order valence-electron chi connectivity index (χ4n) is 2.20. The highest BCUT2D eigenvalue weighted by Gasteiger charge is 2.22. The minimum Gasteiger partial charge on any atom is -0.395 e. The van der Waals surface area contributed by atoms with E-state index in [1.165, 1.54) is 25.9 Å². The molecule has 0 bridgehead atoms. The fourth-order valence-corrected chi connectivity index (χ4v) is 2.20. The Bertz CT molecular complexity index is 152. The molecule has 1 aliphatic heterocycles. The van der Waals surface area contributed by atoms with E-state index < -0.39 is 0 Å². The summed E-state index contributed by atoms with van der Waals surface area (Å²) in [6, 6.07) is 0.260. The molecule has 0 aromatic heterocycles. The van der Waals surface area contributed by atoms with E-state index in [4.69, 9.17) is 5.11 Å². The highest BCUT2D eigenvalue weighted by atomic mass is 16.3. The van der Waals surface area contributed by atoms with Crippen LogP contribution < -0.4 is 5.32 Å². The van der Waals surface area contributed by atoms with Gasteiger partial charge in [0.1, 0.15) is 0 Å². The number of aliphatic hydroxyl groups is 1. The molecule has 0 spiro atoms. The molecule has 0 aliphatic carbocycles. The molecule has 3 nitrogen and oxygen atoms in total. The zero-order valence-electron chi connectivity index (χ0n) is 9.50. The Morgan fingerprint density at radius 2 is 2.29 bits per heavy atom. The summed E-state index contributed by atoms with van der Waals surface area (Å²) in [5, 5.41) is 12.5. The topological polar surface area (TPSA) is 35.5 Å². The van der Waals surface area contributed by atoms with Gasteiger partial charge < -0.3 is 15.3 Å². The molecule has 0 aromatic carbocycles. The zero-order chi connectivity index (χ0) is 10.4. The lowest BCUT2D eigenvalue weighted by molar-refractivity contribution is 0.197. The molecule has 2 N–H and O–H groups in total. The maximum atomic E-state index is 9.15. The van der Waals surface area contributed by atoms with Gasteiger partial charge in [-0.2, -0.15) is 0 Å². The quantitative estimate of drug-likeness (QED) is 0.662. The highest BCUT2D eigenvalue weighted by Crippen LogP contribution is 2.18. The lowest BCUT2D eigenvalue weighted by Gasteiger charge is -2.22. The first-order chi connectivity index (χ1) is 6.80. The summed E-state index contributed by atoms with van der Waals surface area (Å²) in [5.41, 5.74) is 0. The van der Waals surface area contributed by atoms with Gasteiger partial charge in [-0.05, 0) is 25.4 Å². The molecule has 1 aliphatic rings. The molecule has 1 fully saturated rings. The number of hydrogen-bond acceptors (Lipinski definition) is 3. The van der Waals surface area contributed by atoms with E-state index in [0.29, 0.717) is 0 Å². The maximum absolute atomic E-state index is 9.15. The van der Waals surface area contributed by atoms with E-state index in [1.807, 2.05) is 0 Å². The van der Waals surface area contributed by atoms with Gasteiger partial charge in [0.15, 0.2) is 0 Å². The van der Waals surface area contributed by atoms with Crippen LogP contribution in [0.4, 0.5) is 0 Å². The zero-order valence-corrected chi connectivity index (χ0v) is 9.50. The van der Waals surface area contributed by atoms with Crippen LogP contribution in [0.5, 0.6) is 0 Å². The van der Waals surface area contributed by atoms with Crippen molar-refractivity contribution in [2.45, 2.75) is 32.7 Å². The average molecular weight is 200 g/mol. The van der Waals surface area contributed by atoms with E-state index >= 15 is 0 Å². The summed E-state index contributed by atoms with van der Waals surface area (Å²) in [5.74, 6) is 0.885. The Kier molecular flexibility index (Phi) is 5.45. The van der Waals surface area contributed by atoms with Crippen molar-refractivity contribution in [1.29, 1.82) is 0 Å². The maximum Gasteiger partial charge on any atom is 0.0597 e. The van der Waals surface area contributed by atoms with Crippen molar-refractivity contribution in [3.05, 3.63) is 0 Å². The van der Waals surface area contributed by atoms with Crippen LogP contribution in [0.3, 0.4) is 0 Å². The van der Waals surface area contributed by atoms with Crippen LogP contribution in [-0.2, 0) is 0 Å². The second-order valence-corrected chi connectivity index (χ2v) is 4.26. The fraction of sp³-hybridized carbons (Fsp3) is 1.00. The number of rotatable bonds is 6. The summed E-state index contributed by atoms with van der Waals surface area (Å²) in [6.07, 6.45) is 2.63. The van der Waals surface area contributed by atoms with Crippen molar-refractivity contribution < 1.29 is 5.11 Å². The minimum absolute atomic E-state index is 0.251. The predicted molar refractivity (Wildman–Crippen MR) is 59.4 cm³/mol. The van der Waals surface area contributed by atoms with Crippen LogP contribution in [0.15, 0.2) is 0 Å². The van der Waals surface area contributed by atoms with Crippen molar-refractivity contribution in [2.24, 2.45) is 5.92 Å². The monoisotopic (exact) mass is 200 g/mol. The summed E-state index contributed by atoms with van der Waals surface area (Å²) in [4.78, 5) is 2.47. The van der Waals surface area contributed by atoms with Crippen LogP contribution >= 0.6 is 0 Å². The molecule has 0 saturated carbocycles. The standard InChI is InChI=1S/C11H24N2O/c1-3-10-5-6-13(7-10)8-11(9-14)12-4-2/h10-12,14H,3-9H2,1-2H3.